The van der Waals surface area contributed by atoms with E-state index in [0.29, 0.717) is 36.6 Å². The second-order valence-corrected chi connectivity index (χ2v) is 8.09. The Morgan fingerprint density at radius 3 is 2.74 bits per heavy atom. The number of ether oxygens (including phenoxy) is 2. The molecule has 0 aromatic heterocycles. The first-order valence-corrected chi connectivity index (χ1v) is 11.2. The van der Waals surface area contributed by atoms with Gasteiger partial charge in [0.2, 0.25) is 5.91 Å². The molecule has 1 fully saturated rings. The van der Waals surface area contributed by atoms with E-state index in [1.54, 1.807) is 18.2 Å². The van der Waals surface area contributed by atoms with Gasteiger partial charge in [0, 0.05) is 31.6 Å². The molecule has 2 aromatic rings. The number of carbonyl (C=O) groups excluding carboxylic acids is 1. The third-order valence-electron chi connectivity index (χ3n) is 4.98. The van der Waals surface area contributed by atoms with Crippen LogP contribution in [-0.4, -0.2) is 37.0 Å². The van der Waals surface area contributed by atoms with Gasteiger partial charge in [-0.2, -0.15) is 0 Å². The van der Waals surface area contributed by atoms with Crippen molar-refractivity contribution in [1.82, 2.24) is 10.2 Å². The highest BCUT2D eigenvalue weighted by Gasteiger charge is 2.19. The quantitative estimate of drug-likeness (QED) is 0.424. The zero-order valence-electron chi connectivity index (χ0n) is 17.7. The van der Waals surface area contributed by atoms with Crippen LogP contribution in [-0.2, 0) is 17.9 Å². The molecule has 8 heteroatoms. The van der Waals surface area contributed by atoms with E-state index >= 15 is 0 Å². The summed E-state index contributed by atoms with van der Waals surface area (Å²) in [5.74, 6) is 1.17. The van der Waals surface area contributed by atoms with Gasteiger partial charge in [-0.3, -0.25) is 4.79 Å². The normalized spacial score (nSPS) is 13.3. The summed E-state index contributed by atoms with van der Waals surface area (Å²) in [6.45, 7) is 5.75. The SMILES string of the molecule is CCOc1cc(CNCCCN2CCCC2=O)cc(Br)c1OCc1ccccc1F.Cl. The Labute approximate surface area is 197 Å². The summed E-state index contributed by atoms with van der Waals surface area (Å²) in [6.07, 6.45) is 2.59. The van der Waals surface area contributed by atoms with Gasteiger partial charge >= 0.3 is 0 Å². The van der Waals surface area contributed by atoms with E-state index in [1.807, 2.05) is 24.0 Å². The Morgan fingerprint density at radius 2 is 2.03 bits per heavy atom. The first-order chi connectivity index (χ1) is 14.6. The standard InChI is InChI=1S/C23H28BrFN2O3.ClH/c1-2-29-21-14-17(15-26-10-6-12-27-11-5-9-22(27)28)13-19(24)23(21)30-16-18-7-3-4-8-20(18)25;/h3-4,7-8,13-14,26H,2,5-6,9-12,15-16H2,1H3;1H. The molecular formula is C23H29BrClFN2O3. The molecular weight excluding hydrogens is 487 g/mol. The van der Waals surface area contributed by atoms with Crippen molar-refractivity contribution in [3.8, 4) is 11.5 Å². The average molecular weight is 516 g/mol. The number of nitrogens with one attached hydrogen (secondary N) is 1. The number of hydrogen-bond donors (Lipinski definition) is 1. The summed E-state index contributed by atoms with van der Waals surface area (Å²) in [7, 11) is 0. The van der Waals surface area contributed by atoms with Crippen molar-refractivity contribution in [2.45, 2.75) is 39.3 Å². The van der Waals surface area contributed by atoms with Crippen LogP contribution in [0.1, 0.15) is 37.3 Å². The molecule has 1 saturated heterocycles. The molecule has 0 radical (unpaired) electrons. The molecule has 170 valence electrons. The van der Waals surface area contributed by atoms with E-state index in [1.165, 1.54) is 6.07 Å². The van der Waals surface area contributed by atoms with Crippen LogP contribution < -0.4 is 14.8 Å². The fourth-order valence-corrected chi connectivity index (χ4v) is 4.06. The summed E-state index contributed by atoms with van der Waals surface area (Å²) in [6, 6.07) is 10.5. The van der Waals surface area contributed by atoms with Crippen molar-refractivity contribution < 1.29 is 18.7 Å². The zero-order valence-corrected chi connectivity index (χ0v) is 20.1. The van der Waals surface area contributed by atoms with Crippen molar-refractivity contribution >= 4 is 34.2 Å². The van der Waals surface area contributed by atoms with Crippen molar-refractivity contribution in [1.29, 1.82) is 0 Å². The van der Waals surface area contributed by atoms with Crippen molar-refractivity contribution in [3.63, 3.8) is 0 Å². The van der Waals surface area contributed by atoms with Crippen LogP contribution in [0, 0.1) is 5.82 Å². The van der Waals surface area contributed by atoms with Crippen LogP contribution in [0.15, 0.2) is 40.9 Å². The Balaban J connectivity index is 0.00000341. The van der Waals surface area contributed by atoms with Gasteiger partial charge in [0.15, 0.2) is 11.5 Å². The number of likely N-dealkylation sites (tertiary alicyclic amines) is 1. The lowest BCUT2D eigenvalue weighted by Crippen LogP contribution is -2.28. The smallest absolute Gasteiger partial charge is 0.222 e. The Kier molecular flexibility index (Phi) is 10.6. The van der Waals surface area contributed by atoms with Crippen LogP contribution in [0.5, 0.6) is 11.5 Å². The summed E-state index contributed by atoms with van der Waals surface area (Å²) < 4.78 is 26.3. The highest BCUT2D eigenvalue weighted by Crippen LogP contribution is 2.37. The van der Waals surface area contributed by atoms with Gasteiger partial charge in [-0.15, -0.1) is 12.4 Å². The minimum atomic E-state index is -0.289. The van der Waals surface area contributed by atoms with E-state index in [-0.39, 0.29) is 30.7 Å². The molecule has 0 saturated carbocycles. The topological polar surface area (TPSA) is 50.8 Å². The third-order valence-corrected chi connectivity index (χ3v) is 5.57. The van der Waals surface area contributed by atoms with Gasteiger partial charge in [0.25, 0.3) is 0 Å². The van der Waals surface area contributed by atoms with E-state index in [9.17, 15) is 9.18 Å². The molecule has 0 bridgehead atoms. The van der Waals surface area contributed by atoms with Crippen molar-refractivity contribution in [2.75, 3.05) is 26.2 Å². The molecule has 1 N–H and O–H groups in total. The van der Waals surface area contributed by atoms with E-state index in [4.69, 9.17) is 9.47 Å². The lowest BCUT2D eigenvalue weighted by Gasteiger charge is -2.17. The molecule has 1 heterocycles. The van der Waals surface area contributed by atoms with Crippen molar-refractivity contribution in [3.05, 3.63) is 57.8 Å². The highest BCUT2D eigenvalue weighted by molar-refractivity contribution is 9.10. The summed E-state index contributed by atoms with van der Waals surface area (Å²) >= 11 is 3.56. The van der Waals surface area contributed by atoms with Gasteiger partial charge in [-0.1, -0.05) is 18.2 Å². The van der Waals surface area contributed by atoms with E-state index in [2.05, 4.69) is 21.2 Å². The largest absolute Gasteiger partial charge is 0.490 e. The maximum Gasteiger partial charge on any atom is 0.222 e. The summed E-state index contributed by atoms with van der Waals surface area (Å²) in [5, 5.41) is 3.42. The molecule has 0 unspecified atom stereocenters. The molecule has 2 aromatic carbocycles. The van der Waals surface area contributed by atoms with Gasteiger partial charge in [-0.25, -0.2) is 4.39 Å². The predicted molar refractivity (Wildman–Crippen MR) is 125 cm³/mol. The zero-order chi connectivity index (χ0) is 21.3. The minimum absolute atomic E-state index is 0. The van der Waals surface area contributed by atoms with Gasteiger partial charge < -0.3 is 19.7 Å². The van der Waals surface area contributed by atoms with Crippen LogP contribution >= 0.6 is 28.3 Å². The molecule has 0 atom stereocenters. The number of amides is 1. The lowest BCUT2D eigenvalue weighted by atomic mass is 10.2. The fourth-order valence-electron chi connectivity index (χ4n) is 3.46. The first-order valence-electron chi connectivity index (χ1n) is 10.4. The van der Waals surface area contributed by atoms with Gasteiger partial charge in [0.05, 0.1) is 11.1 Å². The van der Waals surface area contributed by atoms with Crippen LogP contribution in [0.4, 0.5) is 4.39 Å². The Hall–Kier alpha value is -1.83. The number of nitrogens with zero attached hydrogens (tertiary/aromatic N) is 1. The number of benzene rings is 2. The highest BCUT2D eigenvalue weighted by atomic mass is 79.9. The predicted octanol–water partition coefficient (Wildman–Crippen LogP) is 5.09. The molecule has 0 aliphatic carbocycles. The maximum atomic E-state index is 13.9. The lowest BCUT2D eigenvalue weighted by molar-refractivity contribution is -0.127. The minimum Gasteiger partial charge on any atom is -0.490 e. The monoisotopic (exact) mass is 514 g/mol. The second-order valence-electron chi connectivity index (χ2n) is 7.23. The van der Waals surface area contributed by atoms with Gasteiger partial charge in [0.1, 0.15) is 12.4 Å². The summed E-state index contributed by atoms with van der Waals surface area (Å²) in [5.41, 5.74) is 1.55. The van der Waals surface area contributed by atoms with E-state index in [0.717, 1.165) is 42.5 Å². The van der Waals surface area contributed by atoms with Gasteiger partial charge in [-0.05, 0) is 66.0 Å². The molecule has 1 amide bonds. The van der Waals surface area contributed by atoms with E-state index < -0.39 is 0 Å². The maximum absolute atomic E-state index is 13.9. The fraction of sp³-hybridized carbons (Fsp3) is 0.435. The second kappa shape index (κ2) is 12.9. The first kappa shape index (κ1) is 25.4. The molecule has 0 spiro atoms. The third kappa shape index (κ3) is 7.37. The number of hydrogen-bond acceptors (Lipinski definition) is 4. The molecule has 31 heavy (non-hydrogen) atoms. The summed E-state index contributed by atoms with van der Waals surface area (Å²) in [4.78, 5) is 13.6. The van der Waals surface area contributed by atoms with Crippen molar-refractivity contribution in [2.24, 2.45) is 0 Å². The molecule has 5 nitrogen and oxygen atoms in total. The molecule has 1 aliphatic rings. The Bertz CT molecular complexity index is 869. The van der Waals surface area contributed by atoms with Crippen LogP contribution in [0.25, 0.3) is 0 Å². The number of carbonyl (C=O) groups is 1. The number of rotatable bonds is 11. The van der Waals surface area contributed by atoms with Crippen LogP contribution in [0.2, 0.25) is 0 Å². The average Bonchev–Trinajstić information content (AvgIpc) is 3.13. The molecule has 1 aliphatic heterocycles. The number of halogens is 3. The Morgan fingerprint density at radius 1 is 1.23 bits per heavy atom. The molecule has 3 rings (SSSR count). The van der Waals surface area contributed by atoms with Crippen LogP contribution in [0.3, 0.4) is 0 Å².